The van der Waals surface area contributed by atoms with Crippen molar-refractivity contribution < 1.29 is 19.1 Å². The number of rotatable bonds is 5. The first kappa shape index (κ1) is 14.4. The molecule has 0 N–H and O–H groups in total. The normalized spacial score (nSPS) is 17.4. The van der Waals surface area contributed by atoms with E-state index in [9.17, 15) is 9.59 Å². The molecule has 0 aliphatic carbocycles. The smallest absolute Gasteiger partial charge is 0.326 e. The molecule has 5 nitrogen and oxygen atoms in total. The summed E-state index contributed by atoms with van der Waals surface area (Å²) in [6.07, 6.45) is 1.20. The van der Waals surface area contributed by atoms with Crippen molar-refractivity contribution in [2.24, 2.45) is 0 Å². The minimum Gasteiger partial charge on any atom is -0.479 e. The highest BCUT2D eigenvalue weighted by atomic mass is 16.5. The molecule has 1 aromatic carbocycles. The SMILES string of the molecule is CCCCOC(=O)CN1C(=O)C(C)Oc2ccccc21. The summed E-state index contributed by atoms with van der Waals surface area (Å²) in [5.41, 5.74) is 0.614. The number of anilines is 1. The molecule has 1 heterocycles. The number of amides is 1. The molecule has 1 amide bonds. The van der Waals surface area contributed by atoms with Crippen LogP contribution in [-0.2, 0) is 14.3 Å². The Morgan fingerprint density at radius 2 is 2.15 bits per heavy atom. The number of nitrogens with zero attached hydrogens (tertiary/aromatic N) is 1. The van der Waals surface area contributed by atoms with Gasteiger partial charge in [0.2, 0.25) is 0 Å². The van der Waals surface area contributed by atoms with Crippen LogP contribution in [0.1, 0.15) is 26.7 Å². The van der Waals surface area contributed by atoms with E-state index in [0.717, 1.165) is 12.8 Å². The van der Waals surface area contributed by atoms with E-state index in [2.05, 4.69) is 0 Å². The van der Waals surface area contributed by atoms with Crippen LogP contribution in [0.15, 0.2) is 24.3 Å². The molecule has 0 fully saturated rings. The molecule has 0 bridgehead atoms. The molecule has 0 saturated carbocycles. The first-order valence-corrected chi connectivity index (χ1v) is 6.86. The average molecular weight is 277 g/mol. The summed E-state index contributed by atoms with van der Waals surface area (Å²) in [5, 5.41) is 0. The van der Waals surface area contributed by atoms with Crippen molar-refractivity contribution in [3.8, 4) is 5.75 Å². The second-order valence-electron chi connectivity index (χ2n) is 4.73. The van der Waals surface area contributed by atoms with E-state index < -0.39 is 12.1 Å². The van der Waals surface area contributed by atoms with Gasteiger partial charge in [-0.15, -0.1) is 0 Å². The van der Waals surface area contributed by atoms with Crippen LogP contribution in [0.5, 0.6) is 5.75 Å². The number of para-hydroxylation sites is 2. The molecule has 1 aliphatic heterocycles. The molecule has 2 rings (SSSR count). The van der Waals surface area contributed by atoms with Crippen LogP contribution in [0.2, 0.25) is 0 Å². The quantitative estimate of drug-likeness (QED) is 0.611. The highest BCUT2D eigenvalue weighted by molar-refractivity contribution is 6.02. The lowest BCUT2D eigenvalue weighted by Crippen LogP contribution is -2.47. The molecule has 1 atom stereocenters. The number of carbonyl (C=O) groups excluding carboxylic acids is 2. The molecule has 1 aliphatic rings. The molecule has 1 unspecified atom stereocenters. The van der Waals surface area contributed by atoms with Gasteiger partial charge in [-0.05, 0) is 25.5 Å². The fourth-order valence-electron chi connectivity index (χ4n) is 2.03. The van der Waals surface area contributed by atoms with Gasteiger partial charge in [0, 0.05) is 0 Å². The number of hydrogen-bond acceptors (Lipinski definition) is 4. The predicted octanol–water partition coefficient (Wildman–Crippen LogP) is 2.14. The van der Waals surface area contributed by atoms with E-state index >= 15 is 0 Å². The Morgan fingerprint density at radius 3 is 2.90 bits per heavy atom. The lowest BCUT2D eigenvalue weighted by molar-refractivity contribution is -0.143. The molecule has 0 saturated heterocycles. The van der Waals surface area contributed by atoms with Crippen LogP contribution in [0.4, 0.5) is 5.69 Å². The summed E-state index contributed by atoms with van der Waals surface area (Å²) in [7, 11) is 0. The highest BCUT2D eigenvalue weighted by Gasteiger charge is 2.32. The van der Waals surface area contributed by atoms with Gasteiger partial charge in [0.15, 0.2) is 6.10 Å². The zero-order valence-electron chi connectivity index (χ0n) is 11.8. The largest absolute Gasteiger partial charge is 0.479 e. The molecule has 0 radical (unpaired) electrons. The predicted molar refractivity (Wildman–Crippen MR) is 74.8 cm³/mol. The Morgan fingerprint density at radius 1 is 1.40 bits per heavy atom. The monoisotopic (exact) mass is 277 g/mol. The van der Waals surface area contributed by atoms with Gasteiger partial charge in [-0.2, -0.15) is 0 Å². The van der Waals surface area contributed by atoms with Gasteiger partial charge in [0.25, 0.3) is 5.91 Å². The molecular formula is C15H19NO4. The molecule has 108 valence electrons. The highest BCUT2D eigenvalue weighted by Crippen LogP contribution is 2.33. The van der Waals surface area contributed by atoms with Crippen molar-refractivity contribution >= 4 is 17.6 Å². The molecular weight excluding hydrogens is 258 g/mol. The number of fused-ring (bicyclic) bond motifs is 1. The van der Waals surface area contributed by atoms with Crippen molar-refractivity contribution in [1.82, 2.24) is 0 Å². The van der Waals surface area contributed by atoms with Crippen LogP contribution in [0, 0.1) is 0 Å². The van der Waals surface area contributed by atoms with Crippen molar-refractivity contribution in [3.05, 3.63) is 24.3 Å². The maximum atomic E-state index is 12.1. The Balaban J connectivity index is 2.09. The van der Waals surface area contributed by atoms with Crippen LogP contribution in [0.25, 0.3) is 0 Å². The van der Waals surface area contributed by atoms with Gasteiger partial charge in [0.05, 0.1) is 12.3 Å². The Hall–Kier alpha value is -2.04. The van der Waals surface area contributed by atoms with Crippen LogP contribution < -0.4 is 9.64 Å². The number of carbonyl (C=O) groups is 2. The van der Waals surface area contributed by atoms with Gasteiger partial charge in [-0.1, -0.05) is 25.5 Å². The molecule has 0 spiro atoms. The molecule has 1 aromatic rings. The fraction of sp³-hybridized carbons (Fsp3) is 0.467. The third-order valence-electron chi connectivity index (χ3n) is 3.12. The average Bonchev–Trinajstić information content (AvgIpc) is 2.44. The van der Waals surface area contributed by atoms with Crippen molar-refractivity contribution in [2.75, 3.05) is 18.1 Å². The Labute approximate surface area is 118 Å². The summed E-state index contributed by atoms with van der Waals surface area (Å²) in [6, 6.07) is 7.19. The van der Waals surface area contributed by atoms with E-state index in [1.807, 2.05) is 13.0 Å². The summed E-state index contributed by atoms with van der Waals surface area (Å²) < 4.78 is 10.6. The van der Waals surface area contributed by atoms with Gasteiger partial charge < -0.3 is 9.47 Å². The van der Waals surface area contributed by atoms with Gasteiger partial charge >= 0.3 is 5.97 Å². The topological polar surface area (TPSA) is 55.8 Å². The number of unbranched alkanes of at least 4 members (excludes halogenated alkanes) is 1. The van der Waals surface area contributed by atoms with Gasteiger partial charge in [-0.25, -0.2) is 0 Å². The third kappa shape index (κ3) is 3.10. The Bertz CT molecular complexity index is 500. The summed E-state index contributed by atoms with van der Waals surface area (Å²) >= 11 is 0. The first-order valence-electron chi connectivity index (χ1n) is 6.86. The second-order valence-corrected chi connectivity index (χ2v) is 4.73. The lowest BCUT2D eigenvalue weighted by atomic mass is 10.2. The molecule has 20 heavy (non-hydrogen) atoms. The summed E-state index contributed by atoms with van der Waals surface area (Å²) in [6.45, 7) is 4.02. The fourth-order valence-corrected chi connectivity index (χ4v) is 2.03. The summed E-state index contributed by atoms with van der Waals surface area (Å²) in [4.78, 5) is 25.4. The van der Waals surface area contributed by atoms with Crippen molar-refractivity contribution in [1.29, 1.82) is 0 Å². The van der Waals surface area contributed by atoms with Crippen molar-refractivity contribution in [3.63, 3.8) is 0 Å². The maximum Gasteiger partial charge on any atom is 0.326 e. The number of ether oxygens (including phenoxy) is 2. The lowest BCUT2D eigenvalue weighted by Gasteiger charge is -2.32. The number of esters is 1. The number of hydrogen-bond donors (Lipinski definition) is 0. The van der Waals surface area contributed by atoms with Crippen molar-refractivity contribution in [2.45, 2.75) is 32.8 Å². The van der Waals surface area contributed by atoms with E-state index in [0.29, 0.717) is 18.0 Å². The van der Waals surface area contributed by atoms with E-state index in [1.54, 1.807) is 25.1 Å². The molecule has 0 aromatic heterocycles. The zero-order chi connectivity index (χ0) is 14.5. The number of benzene rings is 1. The Kier molecular flexibility index (Phi) is 4.61. The molecule has 5 heteroatoms. The van der Waals surface area contributed by atoms with Crippen LogP contribution in [0.3, 0.4) is 0 Å². The zero-order valence-corrected chi connectivity index (χ0v) is 11.8. The minimum absolute atomic E-state index is 0.0761. The van der Waals surface area contributed by atoms with Crippen LogP contribution >= 0.6 is 0 Å². The first-order chi connectivity index (χ1) is 9.63. The maximum absolute atomic E-state index is 12.1. The standard InChI is InChI=1S/C15H19NO4/c1-3-4-9-19-14(17)10-16-12-7-5-6-8-13(12)20-11(2)15(16)18/h5-8,11H,3-4,9-10H2,1-2H3. The minimum atomic E-state index is -0.589. The van der Waals surface area contributed by atoms with E-state index in [-0.39, 0.29) is 12.5 Å². The third-order valence-corrected chi connectivity index (χ3v) is 3.12. The van der Waals surface area contributed by atoms with Gasteiger partial charge in [-0.3, -0.25) is 14.5 Å². The van der Waals surface area contributed by atoms with E-state index in [4.69, 9.17) is 9.47 Å². The van der Waals surface area contributed by atoms with Crippen LogP contribution in [-0.4, -0.2) is 31.1 Å². The summed E-state index contributed by atoms with van der Waals surface area (Å²) in [5.74, 6) is -0.00666. The second kappa shape index (κ2) is 6.41. The van der Waals surface area contributed by atoms with E-state index in [1.165, 1.54) is 4.90 Å². The van der Waals surface area contributed by atoms with Gasteiger partial charge in [0.1, 0.15) is 12.3 Å².